The third-order valence-electron chi connectivity index (χ3n) is 4.28. The van der Waals surface area contributed by atoms with Gasteiger partial charge in [0.1, 0.15) is 0 Å². The number of carbonyl (C=O) groups excluding carboxylic acids is 1. The maximum atomic E-state index is 12.4. The molecule has 0 bridgehead atoms. The molecular formula is C16H23N5O. The number of rotatable bonds is 7. The monoisotopic (exact) mass is 301 g/mol. The highest BCUT2D eigenvalue weighted by Crippen LogP contribution is 2.46. The van der Waals surface area contributed by atoms with Crippen LogP contribution in [0.4, 0.5) is 0 Å². The molecule has 2 heterocycles. The Bertz CT molecular complexity index is 640. The average Bonchev–Trinajstić information content (AvgIpc) is 2.88. The van der Waals surface area contributed by atoms with Crippen molar-refractivity contribution in [1.82, 2.24) is 24.9 Å². The average molecular weight is 301 g/mol. The van der Waals surface area contributed by atoms with Gasteiger partial charge in [-0.2, -0.15) is 10.2 Å². The summed E-state index contributed by atoms with van der Waals surface area (Å²) in [4.78, 5) is 12.4. The Kier molecular flexibility index (Phi) is 4.00. The summed E-state index contributed by atoms with van der Waals surface area (Å²) in [5.41, 5.74) is 1.65. The van der Waals surface area contributed by atoms with Gasteiger partial charge in [-0.1, -0.05) is 6.92 Å². The van der Waals surface area contributed by atoms with Gasteiger partial charge in [0.2, 0.25) is 0 Å². The molecule has 2 aromatic rings. The van der Waals surface area contributed by atoms with Crippen LogP contribution in [0.5, 0.6) is 0 Å². The van der Waals surface area contributed by atoms with Crippen molar-refractivity contribution < 1.29 is 4.79 Å². The highest BCUT2D eigenvalue weighted by atomic mass is 16.1. The van der Waals surface area contributed by atoms with Gasteiger partial charge in [-0.05, 0) is 32.3 Å². The lowest BCUT2D eigenvalue weighted by atomic mass is 10.1. The van der Waals surface area contributed by atoms with Crippen LogP contribution in [0, 0.1) is 12.3 Å². The highest BCUT2D eigenvalue weighted by molar-refractivity contribution is 5.95. The predicted molar refractivity (Wildman–Crippen MR) is 83.5 cm³/mol. The lowest BCUT2D eigenvalue weighted by Crippen LogP contribution is -2.32. The second-order valence-corrected chi connectivity index (χ2v) is 6.28. The van der Waals surface area contributed by atoms with Crippen LogP contribution in [-0.2, 0) is 13.1 Å². The van der Waals surface area contributed by atoms with Gasteiger partial charge in [-0.15, -0.1) is 0 Å². The standard InChI is InChI=1S/C16H23N5O/c1-3-8-20-10-14(13(2)19-20)15(22)17-11-16(5-6-16)12-21-9-4-7-18-21/h4,7,9-10H,3,5-6,8,11-12H2,1-2H3,(H,17,22). The maximum absolute atomic E-state index is 12.4. The smallest absolute Gasteiger partial charge is 0.254 e. The largest absolute Gasteiger partial charge is 0.351 e. The van der Waals surface area contributed by atoms with E-state index in [0.29, 0.717) is 12.1 Å². The van der Waals surface area contributed by atoms with Crippen molar-refractivity contribution >= 4 is 5.91 Å². The van der Waals surface area contributed by atoms with Crippen molar-refractivity contribution in [3.05, 3.63) is 35.9 Å². The second-order valence-electron chi connectivity index (χ2n) is 6.28. The van der Waals surface area contributed by atoms with E-state index < -0.39 is 0 Å². The van der Waals surface area contributed by atoms with Crippen molar-refractivity contribution in [3.8, 4) is 0 Å². The maximum Gasteiger partial charge on any atom is 0.254 e. The number of nitrogens with zero attached hydrogens (tertiary/aromatic N) is 4. The first-order valence-electron chi connectivity index (χ1n) is 7.91. The molecule has 6 nitrogen and oxygen atoms in total. The summed E-state index contributed by atoms with van der Waals surface area (Å²) < 4.78 is 3.80. The molecule has 0 spiro atoms. The topological polar surface area (TPSA) is 64.7 Å². The van der Waals surface area contributed by atoms with E-state index in [4.69, 9.17) is 0 Å². The number of amides is 1. The quantitative estimate of drug-likeness (QED) is 0.851. The van der Waals surface area contributed by atoms with Crippen LogP contribution in [0.3, 0.4) is 0 Å². The van der Waals surface area contributed by atoms with Crippen LogP contribution in [0.2, 0.25) is 0 Å². The van der Waals surface area contributed by atoms with Crippen LogP contribution in [-0.4, -0.2) is 32.0 Å². The molecule has 1 aliphatic rings. The zero-order valence-electron chi connectivity index (χ0n) is 13.2. The zero-order chi connectivity index (χ0) is 15.6. The van der Waals surface area contributed by atoms with Gasteiger partial charge in [-0.3, -0.25) is 14.2 Å². The van der Waals surface area contributed by atoms with Gasteiger partial charge in [0, 0.05) is 43.6 Å². The fraction of sp³-hybridized carbons (Fsp3) is 0.562. The van der Waals surface area contributed by atoms with E-state index in [2.05, 4.69) is 22.4 Å². The van der Waals surface area contributed by atoms with Gasteiger partial charge in [0.25, 0.3) is 5.91 Å². The number of aromatic nitrogens is 4. The Balaban J connectivity index is 1.58. The molecule has 22 heavy (non-hydrogen) atoms. The van der Waals surface area contributed by atoms with Crippen molar-refractivity contribution in [2.75, 3.05) is 6.54 Å². The molecule has 0 saturated heterocycles. The minimum atomic E-state index is -0.0217. The fourth-order valence-corrected chi connectivity index (χ4v) is 2.75. The molecule has 1 aliphatic carbocycles. The first-order chi connectivity index (χ1) is 10.6. The summed E-state index contributed by atoms with van der Waals surface area (Å²) in [5, 5.41) is 11.7. The SMILES string of the molecule is CCCn1cc(C(=O)NCC2(Cn3cccn3)CC2)c(C)n1. The van der Waals surface area contributed by atoms with Crippen LogP contribution in [0.15, 0.2) is 24.7 Å². The summed E-state index contributed by atoms with van der Waals surface area (Å²) >= 11 is 0. The molecular weight excluding hydrogens is 278 g/mol. The zero-order valence-corrected chi connectivity index (χ0v) is 13.2. The number of hydrogen-bond donors (Lipinski definition) is 1. The van der Waals surface area contributed by atoms with Gasteiger partial charge in [-0.25, -0.2) is 0 Å². The van der Waals surface area contributed by atoms with Crippen molar-refractivity contribution in [2.24, 2.45) is 5.41 Å². The van der Waals surface area contributed by atoms with Crippen molar-refractivity contribution in [2.45, 2.75) is 46.2 Å². The summed E-state index contributed by atoms with van der Waals surface area (Å²) in [7, 11) is 0. The first-order valence-corrected chi connectivity index (χ1v) is 7.91. The molecule has 1 saturated carbocycles. The Labute approximate surface area is 130 Å². The Morgan fingerprint density at radius 3 is 2.86 bits per heavy atom. The van der Waals surface area contributed by atoms with E-state index in [1.165, 1.54) is 0 Å². The Morgan fingerprint density at radius 2 is 2.23 bits per heavy atom. The van der Waals surface area contributed by atoms with Crippen LogP contribution >= 0.6 is 0 Å². The molecule has 0 unspecified atom stereocenters. The minimum Gasteiger partial charge on any atom is -0.351 e. The number of nitrogens with one attached hydrogen (secondary N) is 1. The molecule has 2 aromatic heterocycles. The van der Waals surface area contributed by atoms with E-state index in [1.807, 2.05) is 34.7 Å². The predicted octanol–water partition coefficient (Wildman–Crippen LogP) is 2.01. The molecule has 6 heteroatoms. The second kappa shape index (κ2) is 5.94. The number of aryl methyl sites for hydroxylation is 2. The normalized spacial score (nSPS) is 15.7. The van der Waals surface area contributed by atoms with E-state index in [1.54, 1.807) is 6.20 Å². The first kappa shape index (κ1) is 14.8. The highest BCUT2D eigenvalue weighted by Gasteiger charge is 2.43. The Hall–Kier alpha value is -2.11. The van der Waals surface area contributed by atoms with E-state index in [0.717, 1.165) is 38.0 Å². The molecule has 0 aromatic carbocycles. The molecule has 0 atom stereocenters. The molecule has 1 N–H and O–H groups in total. The Morgan fingerprint density at radius 1 is 1.41 bits per heavy atom. The lowest BCUT2D eigenvalue weighted by molar-refractivity contribution is 0.0941. The van der Waals surface area contributed by atoms with E-state index >= 15 is 0 Å². The van der Waals surface area contributed by atoms with Crippen LogP contribution in [0.25, 0.3) is 0 Å². The molecule has 1 amide bonds. The molecule has 118 valence electrons. The van der Waals surface area contributed by atoms with Crippen LogP contribution < -0.4 is 5.32 Å². The number of hydrogen-bond acceptors (Lipinski definition) is 3. The lowest BCUT2D eigenvalue weighted by Gasteiger charge is -2.16. The van der Waals surface area contributed by atoms with Gasteiger partial charge in [0.15, 0.2) is 0 Å². The van der Waals surface area contributed by atoms with Crippen molar-refractivity contribution in [3.63, 3.8) is 0 Å². The molecule has 0 radical (unpaired) electrons. The summed E-state index contributed by atoms with van der Waals surface area (Å²) in [6.45, 7) is 6.40. The van der Waals surface area contributed by atoms with E-state index in [9.17, 15) is 4.79 Å². The molecule has 1 fully saturated rings. The van der Waals surface area contributed by atoms with Gasteiger partial charge >= 0.3 is 0 Å². The molecule has 3 rings (SSSR count). The van der Waals surface area contributed by atoms with Gasteiger partial charge in [0.05, 0.1) is 11.3 Å². The summed E-state index contributed by atoms with van der Waals surface area (Å²) in [6.07, 6.45) is 8.90. The van der Waals surface area contributed by atoms with Crippen LogP contribution in [0.1, 0.15) is 42.2 Å². The minimum absolute atomic E-state index is 0.0217. The number of carbonyl (C=O) groups is 1. The van der Waals surface area contributed by atoms with Gasteiger partial charge < -0.3 is 5.32 Å². The third-order valence-corrected chi connectivity index (χ3v) is 4.28. The summed E-state index contributed by atoms with van der Waals surface area (Å²) in [6, 6.07) is 1.93. The van der Waals surface area contributed by atoms with E-state index in [-0.39, 0.29) is 11.3 Å². The molecule has 0 aliphatic heterocycles. The fourth-order valence-electron chi connectivity index (χ4n) is 2.75. The third kappa shape index (κ3) is 3.21. The van der Waals surface area contributed by atoms with Crippen molar-refractivity contribution in [1.29, 1.82) is 0 Å². The summed E-state index contributed by atoms with van der Waals surface area (Å²) in [5.74, 6) is -0.0217.